The van der Waals surface area contributed by atoms with Crippen LogP contribution in [-0.4, -0.2) is 40.1 Å². The normalized spacial score (nSPS) is 15.8. The number of ether oxygens (including phenoxy) is 2. The van der Waals surface area contributed by atoms with Crippen LogP contribution in [0, 0.1) is 6.92 Å². The number of aryl methyl sites for hydroxylation is 1. The fraction of sp³-hybridized carbons (Fsp3) is 0.263. The number of benzene rings is 1. The van der Waals surface area contributed by atoms with Crippen molar-refractivity contribution in [3.8, 4) is 17.4 Å². The van der Waals surface area contributed by atoms with Crippen molar-refractivity contribution >= 4 is 11.7 Å². The van der Waals surface area contributed by atoms with Crippen molar-refractivity contribution in [1.82, 2.24) is 20.0 Å². The Kier molecular flexibility index (Phi) is 4.23. The van der Waals surface area contributed by atoms with Crippen molar-refractivity contribution in [3.63, 3.8) is 0 Å². The van der Waals surface area contributed by atoms with Gasteiger partial charge in [0.2, 0.25) is 11.8 Å². The lowest BCUT2D eigenvalue weighted by molar-refractivity contribution is -0.116. The summed E-state index contributed by atoms with van der Waals surface area (Å²) in [4.78, 5) is 12.4. The zero-order valence-electron chi connectivity index (χ0n) is 15.3. The molecule has 8 heteroatoms. The van der Waals surface area contributed by atoms with Gasteiger partial charge in [-0.3, -0.25) is 4.79 Å². The Bertz CT molecular complexity index is 997. The Morgan fingerprint density at radius 3 is 2.70 bits per heavy atom. The highest BCUT2D eigenvalue weighted by Crippen LogP contribution is 2.40. The second kappa shape index (κ2) is 6.71. The molecule has 0 aliphatic carbocycles. The molecule has 1 amide bonds. The summed E-state index contributed by atoms with van der Waals surface area (Å²) in [6, 6.07) is 11.2. The van der Waals surface area contributed by atoms with Gasteiger partial charge in [0.15, 0.2) is 5.82 Å². The monoisotopic (exact) mass is 365 g/mol. The second-order valence-corrected chi connectivity index (χ2v) is 6.27. The van der Waals surface area contributed by atoms with E-state index in [0.29, 0.717) is 23.9 Å². The summed E-state index contributed by atoms with van der Waals surface area (Å²) in [5.41, 5.74) is 2.81. The van der Waals surface area contributed by atoms with E-state index in [1.165, 1.54) is 7.11 Å². The third kappa shape index (κ3) is 2.99. The van der Waals surface area contributed by atoms with Gasteiger partial charge in [-0.05, 0) is 30.7 Å². The molecule has 0 radical (unpaired) electrons. The number of nitrogens with zero attached hydrogens (tertiary/aromatic N) is 4. The van der Waals surface area contributed by atoms with Crippen LogP contribution in [0.2, 0.25) is 0 Å². The van der Waals surface area contributed by atoms with E-state index >= 15 is 0 Å². The van der Waals surface area contributed by atoms with Crippen LogP contribution in [0.15, 0.2) is 36.4 Å². The zero-order chi connectivity index (χ0) is 19.0. The van der Waals surface area contributed by atoms with E-state index in [0.717, 1.165) is 22.6 Å². The van der Waals surface area contributed by atoms with E-state index in [9.17, 15) is 4.79 Å². The first kappa shape index (κ1) is 17.0. The number of methoxy groups -OCH3 is 2. The Labute approximate surface area is 156 Å². The summed E-state index contributed by atoms with van der Waals surface area (Å²) < 4.78 is 12.0. The molecule has 4 rings (SSSR count). The number of hydrogen-bond donors (Lipinski definition) is 1. The first-order chi connectivity index (χ1) is 13.1. The van der Waals surface area contributed by atoms with E-state index in [1.807, 2.05) is 31.2 Å². The number of amides is 1. The Balaban J connectivity index is 1.82. The molecule has 1 aliphatic heterocycles. The van der Waals surface area contributed by atoms with Crippen LogP contribution >= 0.6 is 0 Å². The maximum Gasteiger partial charge on any atom is 0.233 e. The third-order valence-corrected chi connectivity index (χ3v) is 4.65. The fourth-order valence-electron chi connectivity index (χ4n) is 3.39. The second-order valence-electron chi connectivity index (χ2n) is 6.27. The lowest BCUT2D eigenvalue weighted by Crippen LogP contribution is -2.25. The predicted molar refractivity (Wildman–Crippen MR) is 98.5 cm³/mol. The summed E-state index contributed by atoms with van der Waals surface area (Å²) in [5.74, 6) is 2.12. The van der Waals surface area contributed by atoms with Crippen LogP contribution < -0.4 is 14.8 Å². The first-order valence-electron chi connectivity index (χ1n) is 8.52. The maximum absolute atomic E-state index is 12.4. The van der Waals surface area contributed by atoms with Crippen LogP contribution in [0.5, 0.6) is 11.6 Å². The molecule has 27 heavy (non-hydrogen) atoms. The Hall–Kier alpha value is -3.42. The molecule has 1 atom stereocenters. The van der Waals surface area contributed by atoms with Crippen LogP contribution in [0.3, 0.4) is 0 Å². The molecule has 1 aromatic carbocycles. The molecule has 138 valence electrons. The number of carbonyl (C=O) groups is 1. The van der Waals surface area contributed by atoms with Gasteiger partial charge in [-0.15, -0.1) is 10.2 Å². The largest absolute Gasteiger partial charge is 0.497 e. The molecule has 8 nitrogen and oxygen atoms in total. The highest BCUT2D eigenvalue weighted by molar-refractivity contribution is 5.95. The van der Waals surface area contributed by atoms with Crippen molar-refractivity contribution in [3.05, 3.63) is 53.2 Å². The molecular weight excluding hydrogens is 346 g/mol. The number of nitrogens with one attached hydrogen (secondary N) is 1. The van der Waals surface area contributed by atoms with E-state index < -0.39 is 0 Å². The number of carbonyl (C=O) groups excluding carboxylic acids is 1. The quantitative estimate of drug-likeness (QED) is 0.764. The summed E-state index contributed by atoms with van der Waals surface area (Å²) in [6.07, 6.45) is 0.348. The Morgan fingerprint density at radius 1 is 1.15 bits per heavy atom. The molecule has 3 aromatic rings. The summed E-state index contributed by atoms with van der Waals surface area (Å²) >= 11 is 0. The van der Waals surface area contributed by atoms with Gasteiger partial charge < -0.3 is 14.8 Å². The molecule has 2 aromatic heterocycles. The topological polar surface area (TPSA) is 91.2 Å². The van der Waals surface area contributed by atoms with Gasteiger partial charge in [-0.2, -0.15) is 9.78 Å². The van der Waals surface area contributed by atoms with Crippen LogP contribution in [0.4, 0.5) is 5.82 Å². The Morgan fingerprint density at radius 2 is 2.00 bits per heavy atom. The molecule has 1 aliphatic rings. The number of anilines is 1. The SMILES string of the molecule is COc1cccc([C@@H]2CC(=O)Nc3c2c(C)nn3-c2ccc(OC)nn2)c1. The minimum absolute atomic E-state index is 0.0714. The van der Waals surface area contributed by atoms with Gasteiger partial charge in [0, 0.05) is 24.0 Å². The van der Waals surface area contributed by atoms with Gasteiger partial charge in [0.05, 0.1) is 19.9 Å². The van der Waals surface area contributed by atoms with Crippen LogP contribution in [0.25, 0.3) is 5.82 Å². The van der Waals surface area contributed by atoms with Crippen LogP contribution in [0.1, 0.15) is 29.2 Å². The average Bonchev–Trinajstić information content (AvgIpc) is 3.03. The molecule has 1 N–H and O–H groups in total. The molecule has 0 fully saturated rings. The van der Waals surface area contributed by atoms with Gasteiger partial charge in [-0.25, -0.2) is 0 Å². The number of aromatic nitrogens is 4. The van der Waals surface area contributed by atoms with Crippen molar-refractivity contribution in [2.75, 3.05) is 19.5 Å². The first-order valence-corrected chi connectivity index (χ1v) is 8.52. The lowest BCUT2D eigenvalue weighted by Gasteiger charge is -2.24. The minimum atomic E-state index is -0.108. The zero-order valence-corrected chi connectivity index (χ0v) is 15.3. The van der Waals surface area contributed by atoms with Crippen molar-refractivity contribution in [2.45, 2.75) is 19.3 Å². The number of rotatable bonds is 4. The highest BCUT2D eigenvalue weighted by atomic mass is 16.5. The van der Waals surface area contributed by atoms with Gasteiger partial charge in [-0.1, -0.05) is 12.1 Å². The minimum Gasteiger partial charge on any atom is -0.497 e. The molecule has 0 saturated heterocycles. The average molecular weight is 365 g/mol. The van der Waals surface area contributed by atoms with E-state index in [4.69, 9.17) is 9.47 Å². The number of fused-ring (bicyclic) bond motifs is 1. The van der Waals surface area contributed by atoms with E-state index in [1.54, 1.807) is 23.9 Å². The van der Waals surface area contributed by atoms with Crippen molar-refractivity contribution in [2.24, 2.45) is 0 Å². The van der Waals surface area contributed by atoms with Crippen molar-refractivity contribution < 1.29 is 14.3 Å². The third-order valence-electron chi connectivity index (χ3n) is 4.65. The molecule has 0 unspecified atom stereocenters. The van der Waals surface area contributed by atoms with Crippen molar-refractivity contribution in [1.29, 1.82) is 0 Å². The molecule has 0 bridgehead atoms. The fourth-order valence-corrected chi connectivity index (χ4v) is 3.39. The van der Waals surface area contributed by atoms with E-state index in [-0.39, 0.29) is 11.8 Å². The molecule has 0 spiro atoms. The highest BCUT2D eigenvalue weighted by Gasteiger charge is 2.33. The summed E-state index contributed by atoms with van der Waals surface area (Å²) in [6.45, 7) is 1.93. The summed E-state index contributed by atoms with van der Waals surface area (Å²) in [5, 5.41) is 15.7. The molecular formula is C19H19N5O3. The number of hydrogen-bond acceptors (Lipinski definition) is 6. The lowest BCUT2D eigenvalue weighted by atomic mass is 9.86. The summed E-state index contributed by atoms with van der Waals surface area (Å²) in [7, 11) is 3.16. The van der Waals surface area contributed by atoms with Crippen LogP contribution in [-0.2, 0) is 4.79 Å². The molecule has 0 saturated carbocycles. The standard InChI is InChI=1S/C19H19N5O3/c1-11-18-14(12-5-4-6-13(9-12)26-2)10-16(25)20-19(18)24(23-11)15-7-8-17(27-3)22-21-15/h4-9,14H,10H2,1-3H3,(H,20,25)/t14-/m0/s1. The smallest absolute Gasteiger partial charge is 0.233 e. The maximum atomic E-state index is 12.4. The van der Waals surface area contributed by atoms with Gasteiger partial charge >= 0.3 is 0 Å². The molecule has 3 heterocycles. The van der Waals surface area contributed by atoms with E-state index in [2.05, 4.69) is 20.6 Å². The van der Waals surface area contributed by atoms with Gasteiger partial charge in [0.25, 0.3) is 0 Å². The predicted octanol–water partition coefficient (Wildman–Crippen LogP) is 2.46. The van der Waals surface area contributed by atoms with Gasteiger partial charge in [0.1, 0.15) is 11.6 Å².